The molecule has 1 aliphatic heterocycles. The number of aromatic nitrogens is 2. The lowest BCUT2D eigenvalue weighted by atomic mass is 10.0. The number of pyridine rings is 1. The maximum absolute atomic E-state index is 13.8. The molecule has 0 unspecified atom stereocenters. The van der Waals surface area contributed by atoms with Crippen molar-refractivity contribution < 1.29 is 9.53 Å². The highest BCUT2D eigenvalue weighted by molar-refractivity contribution is 8.26. The molecule has 5 rings (SSSR count). The number of ether oxygens (including phenoxy) is 1. The Bertz CT molecular complexity index is 1660. The van der Waals surface area contributed by atoms with E-state index in [-0.39, 0.29) is 28.8 Å². The highest BCUT2D eigenvalue weighted by Gasteiger charge is 2.33. The van der Waals surface area contributed by atoms with E-state index in [1.165, 1.54) is 16.2 Å². The topological polar surface area (TPSA) is 63.9 Å². The van der Waals surface area contributed by atoms with Gasteiger partial charge in [0.25, 0.3) is 11.5 Å². The molecule has 1 saturated heterocycles. The van der Waals surface area contributed by atoms with Crippen LogP contribution in [0.5, 0.6) is 11.6 Å². The van der Waals surface area contributed by atoms with Crippen molar-refractivity contribution in [3.05, 3.63) is 110 Å². The first-order valence-electron chi connectivity index (χ1n) is 12.3. The maximum Gasteiger partial charge on any atom is 0.269 e. The van der Waals surface area contributed by atoms with Crippen LogP contribution in [0.2, 0.25) is 0 Å². The number of hydrogen-bond donors (Lipinski definition) is 0. The molecule has 1 fully saturated rings. The van der Waals surface area contributed by atoms with Gasteiger partial charge in [0.15, 0.2) is 0 Å². The third-order valence-electron chi connectivity index (χ3n) is 6.38. The van der Waals surface area contributed by atoms with Gasteiger partial charge in [-0.25, -0.2) is 0 Å². The molecule has 0 saturated carbocycles. The minimum absolute atomic E-state index is 0.158. The zero-order valence-electron chi connectivity index (χ0n) is 21.6. The molecule has 0 N–H and O–H groups in total. The van der Waals surface area contributed by atoms with Crippen molar-refractivity contribution in [3.63, 3.8) is 0 Å². The van der Waals surface area contributed by atoms with E-state index in [1.807, 2.05) is 68.4 Å². The summed E-state index contributed by atoms with van der Waals surface area (Å²) in [7, 11) is 0. The molecule has 0 spiro atoms. The second kappa shape index (κ2) is 10.6. The number of amides is 1. The van der Waals surface area contributed by atoms with E-state index in [4.69, 9.17) is 21.9 Å². The van der Waals surface area contributed by atoms with Crippen LogP contribution in [0, 0.1) is 13.8 Å². The summed E-state index contributed by atoms with van der Waals surface area (Å²) in [6, 6.07) is 19.4. The highest BCUT2D eigenvalue weighted by Crippen LogP contribution is 2.36. The predicted molar refractivity (Wildman–Crippen MR) is 157 cm³/mol. The number of thioether (sulfide) groups is 1. The summed E-state index contributed by atoms with van der Waals surface area (Å²) in [5, 5.41) is 0. The molecule has 8 heteroatoms. The number of carbonyl (C=O) groups is 1. The van der Waals surface area contributed by atoms with Crippen molar-refractivity contribution >= 4 is 45.9 Å². The minimum atomic E-state index is -0.319. The van der Waals surface area contributed by atoms with E-state index in [0.29, 0.717) is 27.2 Å². The molecule has 2 aromatic heterocycles. The molecule has 0 bridgehead atoms. The average molecular weight is 542 g/mol. The number of fused-ring (bicyclic) bond motifs is 1. The summed E-state index contributed by atoms with van der Waals surface area (Å²) < 4.78 is 8.31. The van der Waals surface area contributed by atoms with Crippen molar-refractivity contribution in [3.8, 4) is 11.6 Å². The Kier molecular flexibility index (Phi) is 7.19. The second-order valence-electron chi connectivity index (χ2n) is 9.57. The van der Waals surface area contributed by atoms with Crippen molar-refractivity contribution in [2.75, 3.05) is 0 Å². The molecule has 4 aromatic rings. The van der Waals surface area contributed by atoms with Gasteiger partial charge in [-0.1, -0.05) is 86.4 Å². The fourth-order valence-electron chi connectivity index (χ4n) is 4.34. The molecule has 1 amide bonds. The Morgan fingerprint density at radius 3 is 2.55 bits per heavy atom. The molecular weight excluding hydrogens is 514 g/mol. The first-order valence-corrected chi connectivity index (χ1v) is 13.5. The molecular formula is C30H27N3O3S2. The number of aryl methyl sites for hydroxylation is 2. The van der Waals surface area contributed by atoms with E-state index in [2.05, 4.69) is 13.8 Å². The SMILES string of the molecule is Cc1ccc(C(C)C)c(Oc2nc3c(C)cccn3c(=O)c2/C=C2/SC(=S)N(Cc3ccccc3)C2=O)c1. The number of nitrogens with zero attached hydrogens (tertiary/aromatic N) is 3. The van der Waals surface area contributed by atoms with Gasteiger partial charge in [-0.15, -0.1) is 0 Å². The van der Waals surface area contributed by atoms with Gasteiger partial charge in [0.1, 0.15) is 21.3 Å². The summed E-state index contributed by atoms with van der Waals surface area (Å²) in [6.07, 6.45) is 3.24. The number of thiocarbonyl (C=S) groups is 1. The number of carbonyl (C=O) groups excluding carboxylic acids is 1. The van der Waals surface area contributed by atoms with E-state index in [1.54, 1.807) is 23.2 Å². The Labute approximate surface area is 231 Å². The van der Waals surface area contributed by atoms with Crippen molar-refractivity contribution in [2.45, 2.75) is 40.2 Å². The van der Waals surface area contributed by atoms with Crippen LogP contribution < -0.4 is 10.3 Å². The van der Waals surface area contributed by atoms with E-state index < -0.39 is 0 Å². The van der Waals surface area contributed by atoms with Crippen LogP contribution in [0.15, 0.2) is 76.6 Å². The van der Waals surface area contributed by atoms with Gasteiger partial charge in [0.05, 0.1) is 11.4 Å². The third-order valence-corrected chi connectivity index (χ3v) is 7.76. The summed E-state index contributed by atoms with van der Waals surface area (Å²) in [5.74, 6) is 0.745. The third kappa shape index (κ3) is 5.01. The van der Waals surface area contributed by atoms with E-state index in [0.717, 1.165) is 22.3 Å². The Hall–Kier alpha value is -3.75. The van der Waals surface area contributed by atoms with Crippen LogP contribution in [-0.4, -0.2) is 24.5 Å². The molecule has 192 valence electrons. The maximum atomic E-state index is 13.8. The molecule has 1 aliphatic rings. The molecule has 6 nitrogen and oxygen atoms in total. The molecule has 0 aliphatic carbocycles. The van der Waals surface area contributed by atoms with Gasteiger partial charge in [-0.3, -0.25) is 18.9 Å². The first kappa shape index (κ1) is 25.9. The zero-order chi connectivity index (χ0) is 27.0. The standard InChI is InChI=1S/C30H27N3O3S2/c1-18(2)22-13-12-19(3)15-24(22)36-27-23(28(34)32-14-8-9-20(4)26(32)31-27)16-25-29(35)33(30(37)38-25)17-21-10-6-5-7-11-21/h5-16,18H,17H2,1-4H3/b25-16+. The zero-order valence-corrected chi connectivity index (χ0v) is 23.2. The van der Waals surface area contributed by atoms with Crippen LogP contribution in [0.4, 0.5) is 0 Å². The smallest absolute Gasteiger partial charge is 0.269 e. The quantitative estimate of drug-likeness (QED) is 0.202. The molecule has 0 radical (unpaired) electrons. The predicted octanol–water partition coefficient (Wildman–Crippen LogP) is 6.63. The van der Waals surface area contributed by atoms with Crippen LogP contribution in [-0.2, 0) is 11.3 Å². The van der Waals surface area contributed by atoms with E-state index >= 15 is 0 Å². The summed E-state index contributed by atoms with van der Waals surface area (Å²) >= 11 is 6.71. The number of benzene rings is 2. The largest absolute Gasteiger partial charge is 0.438 e. The Morgan fingerprint density at radius 1 is 1.05 bits per heavy atom. The lowest BCUT2D eigenvalue weighted by molar-refractivity contribution is -0.122. The fourth-order valence-corrected chi connectivity index (χ4v) is 5.57. The normalized spacial score (nSPS) is 14.8. The Morgan fingerprint density at radius 2 is 1.82 bits per heavy atom. The second-order valence-corrected chi connectivity index (χ2v) is 11.2. The van der Waals surface area contributed by atoms with Gasteiger partial charge in [0, 0.05) is 6.20 Å². The van der Waals surface area contributed by atoms with Gasteiger partial charge in [0.2, 0.25) is 5.88 Å². The lowest BCUT2D eigenvalue weighted by Gasteiger charge is -2.16. The number of hydrogen-bond acceptors (Lipinski definition) is 6. The summed E-state index contributed by atoms with van der Waals surface area (Å²) in [4.78, 5) is 33.8. The van der Waals surface area contributed by atoms with Crippen molar-refractivity contribution in [2.24, 2.45) is 0 Å². The average Bonchev–Trinajstić information content (AvgIpc) is 3.15. The fraction of sp³-hybridized carbons (Fsp3) is 0.200. The van der Waals surface area contributed by atoms with Crippen LogP contribution in [0.1, 0.15) is 47.6 Å². The monoisotopic (exact) mass is 541 g/mol. The summed E-state index contributed by atoms with van der Waals surface area (Å²) in [5.41, 5.74) is 4.22. The van der Waals surface area contributed by atoms with Crippen molar-refractivity contribution in [1.82, 2.24) is 14.3 Å². The van der Waals surface area contributed by atoms with Crippen LogP contribution in [0.25, 0.3) is 11.7 Å². The molecule has 38 heavy (non-hydrogen) atoms. The molecule has 3 heterocycles. The van der Waals surface area contributed by atoms with Crippen LogP contribution in [0.3, 0.4) is 0 Å². The molecule has 0 atom stereocenters. The van der Waals surface area contributed by atoms with Gasteiger partial charge in [-0.2, -0.15) is 4.98 Å². The summed E-state index contributed by atoms with van der Waals surface area (Å²) in [6.45, 7) is 8.42. The van der Waals surface area contributed by atoms with Crippen molar-refractivity contribution in [1.29, 1.82) is 0 Å². The lowest BCUT2D eigenvalue weighted by Crippen LogP contribution is -2.27. The van der Waals surface area contributed by atoms with E-state index in [9.17, 15) is 9.59 Å². The van der Waals surface area contributed by atoms with Gasteiger partial charge < -0.3 is 4.74 Å². The number of rotatable bonds is 6. The van der Waals surface area contributed by atoms with Crippen LogP contribution >= 0.6 is 24.0 Å². The first-order chi connectivity index (χ1) is 18.2. The van der Waals surface area contributed by atoms with Gasteiger partial charge in [-0.05, 0) is 60.2 Å². The minimum Gasteiger partial charge on any atom is -0.438 e. The molecule has 2 aromatic carbocycles. The highest BCUT2D eigenvalue weighted by atomic mass is 32.2. The van der Waals surface area contributed by atoms with Gasteiger partial charge >= 0.3 is 0 Å². The Balaban J connectivity index is 1.63.